The van der Waals surface area contributed by atoms with Gasteiger partial charge in [0, 0.05) is 11.6 Å². The maximum atomic E-state index is 12.5. The summed E-state index contributed by atoms with van der Waals surface area (Å²) < 4.78 is 43.0. The highest BCUT2D eigenvalue weighted by Crippen LogP contribution is 2.50. The lowest BCUT2D eigenvalue weighted by Gasteiger charge is -2.10. The topological polar surface area (TPSA) is 47.9 Å². The zero-order valence-corrected chi connectivity index (χ0v) is 12.7. The molecule has 3 rings (SSSR count). The Hall–Kier alpha value is -1.63. The van der Waals surface area contributed by atoms with Crippen LogP contribution in [0.4, 0.5) is 13.2 Å². The quantitative estimate of drug-likeness (QED) is 0.801. The van der Waals surface area contributed by atoms with Crippen LogP contribution in [0.2, 0.25) is 5.28 Å². The lowest BCUT2D eigenvalue weighted by Crippen LogP contribution is -2.14. The number of hydrogen-bond donors (Lipinski definition) is 0. The van der Waals surface area contributed by atoms with Crippen LogP contribution in [0.3, 0.4) is 0 Å². The second kappa shape index (κ2) is 5.22. The normalized spacial score (nSPS) is 21.2. The molecule has 0 N–H and O–H groups in total. The van der Waals surface area contributed by atoms with E-state index in [1.165, 1.54) is 0 Å². The number of rotatable bonds is 3. The van der Waals surface area contributed by atoms with Gasteiger partial charge in [-0.2, -0.15) is 23.1 Å². The van der Waals surface area contributed by atoms with Crippen molar-refractivity contribution in [3.63, 3.8) is 0 Å². The molecule has 0 aliphatic heterocycles. The van der Waals surface area contributed by atoms with E-state index in [2.05, 4.69) is 15.0 Å². The average Bonchev–Trinajstić information content (AvgIpc) is 3.17. The number of hydrogen-bond acceptors (Lipinski definition) is 4. The Morgan fingerprint density at radius 3 is 2.64 bits per heavy atom. The zero-order chi connectivity index (χ0) is 16.1. The van der Waals surface area contributed by atoms with Gasteiger partial charge in [0.25, 0.3) is 0 Å². The molecule has 0 aromatic carbocycles. The van der Waals surface area contributed by atoms with Crippen LogP contribution in [0, 0.1) is 25.7 Å². The summed E-state index contributed by atoms with van der Waals surface area (Å²) in [5.41, 5.74) is 2.09. The number of alkyl halides is 3. The van der Waals surface area contributed by atoms with Gasteiger partial charge in [-0.25, -0.2) is 4.98 Å². The third kappa shape index (κ3) is 2.95. The maximum Gasteiger partial charge on any atom is 0.392 e. The van der Waals surface area contributed by atoms with Crippen LogP contribution < -0.4 is 4.74 Å². The van der Waals surface area contributed by atoms with Gasteiger partial charge in [0.15, 0.2) is 5.65 Å². The van der Waals surface area contributed by atoms with E-state index in [4.69, 9.17) is 16.3 Å². The van der Waals surface area contributed by atoms with Crippen molar-refractivity contribution in [3.8, 4) is 5.88 Å². The Kier molecular flexibility index (Phi) is 3.63. The molecule has 0 amide bonds. The molecular formula is C14H13ClF3N3O. The molecule has 1 aliphatic carbocycles. The van der Waals surface area contributed by atoms with Crippen molar-refractivity contribution in [3.05, 3.63) is 22.6 Å². The molecule has 2 aromatic heterocycles. The molecule has 0 spiro atoms. The Balaban J connectivity index is 1.83. The number of pyridine rings is 1. The van der Waals surface area contributed by atoms with Crippen LogP contribution in [-0.2, 0) is 0 Å². The number of aryl methyl sites for hydroxylation is 2. The van der Waals surface area contributed by atoms with E-state index in [0.717, 1.165) is 11.3 Å². The van der Waals surface area contributed by atoms with Crippen LogP contribution in [0.15, 0.2) is 6.07 Å². The fourth-order valence-electron chi connectivity index (χ4n) is 2.32. The van der Waals surface area contributed by atoms with Gasteiger partial charge in [0.1, 0.15) is 0 Å². The summed E-state index contributed by atoms with van der Waals surface area (Å²) in [6, 6.07) is 1.80. The second-order valence-corrected chi connectivity index (χ2v) is 5.85. The standard InChI is InChI=1S/C14H13ClF3N3O/c1-6-3-9-11(19-7(6)2)20-13(15)21-12(9)22-5-8-4-10(8)14(16,17)18/h3,8,10H,4-5H2,1-2H3/t8-,10+/m0/s1. The molecule has 0 bridgehead atoms. The van der Waals surface area contributed by atoms with Gasteiger partial charge < -0.3 is 4.74 Å². The van der Waals surface area contributed by atoms with Crippen molar-refractivity contribution < 1.29 is 17.9 Å². The first kappa shape index (κ1) is 15.3. The Morgan fingerprint density at radius 1 is 1.27 bits per heavy atom. The molecule has 2 aromatic rings. The molecule has 118 valence electrons. The summed E-state index contributed by atoms with van der Waals surface area (Å²) >= 11 is 5.83. The van der Waals surface area contributed by atoms with Crippen molar-refractivity contribution in [1.82, 2.24) is 15.0 Å². The van der Waals surface area contributed by atoms with Crippen molar-refractivity contribution in [2.75, 3.05) is 6.61 Å². The van der Waals surface area contributed by atoms with Gasteiger partial charge >= 0.3 is 6.18 Å². The molecule has 0 saturated heterocycles. The minimum absolute atomic E-state index is 0.0404. The minimum Gasteiger partial charge on any atom is -0.477 e. The lowest BCUT2D eigenvalue weighted by atomic mass is 10.2. The Morgan fingerprint density at radius 2 is 2.00 bits per heavy atom. The van der Waals surface area contributed by atoms with Crippen LogP contribution in [0.1, 0.15) is 17.7 Å². The molecule has 1 aliphatic rings. The van der Waals surface area contributed by atoms with Gasteiger partial charge in [0.2, 0.25) is 11.2 Å². The van der Waals surface area contributed by atoms with Crippen LogP contribution in [0.25, 0.3) is 11.0 Å². The van der Waals surface area contributed by atoms with E-state index >= 15 is 0 Å². The smallest absolute Gasteiger partial charge is 0.392 e. The van der Waals surface area contributed by atoms with Gasteiger partial charge in [-0.15, -0.1) is 0 Å². The van der Waals surface area contributed by atoms with Gasteiger partial charge in [-0.3, -0.25) is 0 Å². The third-order valence-electron chi connectivity index (χ3n) is 3.85. The molecule has 22 heavy (non-hydrogen) atoms. The number of ether oxygens (including phenoxy) is 1. The Labute approximate surface area is 129 Å². The number of halogens is 4. The van der Waals surface area contributed by atoms with E-state index in [0.29, 0.717) is 11.0 Å². The second-order valence-electron chi connectivity index (χ2n) is 5.51. The molecule has 8 heteroatoms. The third-order valence-corrected chi connectivity index (χ3v) is 4.01. The van der Waals surface area contributed by atoms with Gasteiger partial charge in [-0.1, -0.05) is 0 Å². The summed E-state index contributed by atoms with van der Waals surface area (Å²) in [5.74, 6) is -1.63. The predicted octanol–water partition coefficient (Wildman–Crippen LogP) is 3.87. The molecule has 1 fully saturated rings. The van der Waals surface area contributed by atoms with Gasteiger partial charge in [0.05, 0.1) is 17.9 Å². The molecule has 0 radical (unpaired) electrons. The summed E-state index contributed by atoms with van der Waals surface area (Å²) in [5, 5.41) is 0.512. The summed E-state index contributed by atoms with van der Waals surface area (Å²) in [4.78, 5) is 12.3. The Bertz CT molecular complexity index is 735. The molecule has 4 nitrogen and oxygen atoms in total. The van der Waals surface area contributed by atoms with E-state index < -0.39 is 18.0 Å². The predicted molar refractivity (Wildman–Crippen MR) is 75.0 cm³/mol. The van der Waals surface area contributed by atoms with Crippen LogP contribution in [-0.4, -0.2) is 27.7 Å². The number of aromatic nitrogens is 3. The number of fused-ring (bicyclic) bond motifs is 1. The molecule has 2 heterocycles. The van der Waals surface area contributed by atoms with Crippen molar-refractivity contribution >= 4 is 22.6 Å². The average molecular weight is 332 g/mol. The molecule has 1 saturated carbocycles. The first-order valence-corrected chi connectivity index (χ1v) is 7.14. The summed E-state index contributed by atoms with van der Waals surface area (Å²) in [6.07, 6.45) is -4.06. The van der Waals surface area contributed by atoms with E-state index in [1.54, 1.807) is 6.07 Å². The highest BCUT2D eigenvalue weighted by Gasteiger charge is 2.55. The van der Waals surface area contributed by atoms with Crippen molar-refractivity contribution in [1.29, 1.82) is 0 Å². The lowest BCUT2D eigenvalue weighted by molar-refractivity contribution is -0.151. The minimum atomic E-state index is -4.16. The molecular weight excluding hydrogens is 319 g/mol. The monoisotopic (exact) mass is 331 g/mol. The van der Waals surface area contributed by atoms with Crippen LogP contribution >= 0.6 is 11.6 Å². The SMILES string of the molecule is Cc1cc2c(OC[C@@H]3C[C@H]3C(F)(F)F)nc(Cl)nc2nc1C. The van der Waals surface area contributed by atoms with E-state index in [-0.39, 0.29) is 24.2 Å². The van der Waals surface area contributed by atoms with Crippen LogP contribution in [0.5, 0.6) is 5.88 Å². The van der Waals surface area contributed by atoms with E-state index in [9.17, 15) is 13.2 Å². The number of nitrogens with zero attached hydrogens (tertiary/aromatic N) is 3. The highest BCUT2D eigenvalue weighted by molar-refractivity contribution is 6.28. The van der Waals surface area contributed by atoms with E-state index in [1.807, 2.05) is 13.8 Å². The molecule has 2 atom stereocenters. The first-order chi connectivity index (χ1) is 10.3. The first-order valence-electron chi connectivity index (χ1n) is 6.76. The fourth-order valence-corrected chi connectivity index (χ4v) is 2.48. The van der Waals surface area contributed by atoms with Crippen molar-refractivity contribution in [2.45, 2.75) is 26.4 Å². The summed E-state index contributed by atoms with van der Waals surface area (Å²) in [7, 11) is 0. The maximum absolute atomic E-state index is 12.5. The zero-order valence-electron chi connectivity index (χ0n) is 11.9. The van der Waals surface area contributed by atoms with Crippen molar-refractivity contribution in [2.24, 2.45) is 11.8 Å². The summed E-state index contributed by atoms with van der Waals surface area (Å²) in [6.45, 7) is 3.67. The molecule has 0 unspecified atom stereocenters. The highest BCUT2D eigenvalue weighted by atomic mass is 35.5. The fraction of sp³-hybridized carbons (Fsp3) is 0.500. The largest absolute Gasteiger partial charge is 0.477 e. The van der Waals surface area contributed by atoms with Gasteiger partial charge in [-0.05, 0) is 43.5 Å².